The van der Waals surface area contributed by atoms with Crippen molar-refractivity contribution >= 4 is 5.71 Å². The Bertz CT molecular complexity index is 102. The Hall–Kier alpha value is -0.570. The third kappa shape index (κ3) is 4.32. The Balaban J connectivity index is 3.27. The Kier molecular flexibility index (Phi) is 6.18. The minimum atomic E-state index is 0.725. The lowest BCUT2D eigenvalue weighted by Crippen LogP contribution is -2.01. The molecule has 0 aliphatic rings. The van der Waals surface area contributed by atoms with E-state index in [0.717, 1.165) is 37.9 Å². The summed E-state index contributed by atoms with van der Waals surface area (Å²) in [5.74, 6) is 0. The molecule has 0 amide bonds. The molecule has 0 aromatic heterocycles. The molecule has 0 rings (SSSR count). The number of nitrogens with two attached hydrogens (primary N) is 1. The van der Waals surface area contributed by atoms with Crippen LogP contribution < -0.4 is 5.73 Å². The van der Waals surface area contributed by atoms with Crippen molar-refractivity contribution in [2.24, 2.45) is 10.9 Å². The van der Waals surface area contributed by atoms with E-state index in [1.165, 1.54) is 0 Å². The van der Waals surface area contributed by atoms with Gasteiger partial charge in [-0.2, -0.15) is 0 Å². The maximum Gasteiger partial charge on any atom is 0.0568 e. The van der Waals surface area contributed by atoms with E-state index in [1.54, 1.807) is 0 Å². The van der Waals surface area contributed by atoms with E-state index >= 15 is 0 Å². The van der Waals surface area contributed by atoms with Crippen LogP contribution in [0, 0.1) is 0 Å². The van der Waals surface area contributed by atoms with Crippen LogP contribution in [0.15, 0.2) is 5.16 Å². The number of hydrogen-bond donors (Lipinski definition) is 2. The van der Waals surface area contributed by atoms with E-state index in [9.17, 15) is 0 Å². The number of nitrogens with zero attached hydrogens (tertiary/aromatic N) is 1. The van der Waals surface area contributed by atoms with Crippen LogP contribution in [-0.4, -0.2) is 17.5 Å². The highest BCUT2D eigenvalue weighted by Gasteiger charge is 1.94. The summed E-state index contributed by atoms with van der Waals surface area (Å²) >= 11 is 0. The van der Waals surface area contributed by atoms with Gasteiger partial charge in [-0.1, -0.05) is 12.1 Å². The first-order chi connectivity index (χ1) is 4.85. The highest BCUT2D eigenvalue weighted by atomic mass is 16.4. The first-order valence-electron chi connectivity index (χ1n) is 3.75. The molecule has 10 heavy (non-hydrogen) atoms. The predicted octanol–water partition coefficient (Wildman–Crippen LogP) is 1.36. The van der Waals surface area contributed by atoms with Crippen LogP contribution in [0.3, 0.4) is 0 Å². The van der Waals surface area contributed by atoms with Crippen LogP contribution in [0.1, 0.15) is 32.6 Å². The second kappa shape index (κ2) is 6.55. The summed E-state index contributed by atoms with van der Waals surface area (Å²) in [6, 6.07) is 0. The van der Waals surface area contributed by atoms with Gasteiger partial charge < -0.3 is 10.9 Å². The van der Waals surface area contributed by atoms with Crippen LogP contribution in [0.4, 0.5) is 0 Å². The van der Waals surface area contributed by atoms with Gasteiger partial charge in [0, 0.05) is 0 Å². The highest BCUT2D eigenvalue weighted by Crippen LogP contribution is 1.99. The summed E-state index contributed by atoms with van der Waals surface area (Å²) in [6.07, 6.45) is 3.76. The van der Waals surface area contributed by atoms with Crippen molar-refractivity contribution in [1.82, 2.24) is 0 Å². The summed E-state index contributed by atoms with van der Waals surface area (Å²) in [4.78, 5) is 0. The largest absolute Gasteiger partial charge is 0.411 e. The molecule has 3 nitrogen and oxygen atoms in total. The Morgan fingerprint density at radius 3 is 2.60 bits per heavy atom. The minimum absolute atomic E-state index is 0.725. The van der Waals surface area contributed by atoms with Gasteiger partial charge in [-0.15, -0.1) is 0 Å². The van der Waals surface area contributed by atoms with Crippen molar-refractivity contribution in [3.05, 3.63) is 0 Å². The highest BCUT2D eigenvalue weighted by molar-refractivity contribution is 5.83. The SMILES string of the molecule is CCC(CCCCN)=NO. The third-order valence-corrected chi connectivity index (χ3v) is 1.47. The maximum absolute atomic E-state index is 8.38. The number of hydrogen-bond acceptors (Lipinski definition) is 3. The number of rotatable bonds is 5. The molecule has 0 heterocycles. The van der Waals surface area contributed by atoms with E-state index in [0.29, 0.717) is 0 Å². The molecule has 0 bridgehead atoms. The topological polar surface area (TPSA) is 58.6 Å². The quantitative estimate of drug-likeness (QED) is 0.265. The second-order valence-corrected chi connectivity index (χ2v) is 2.27. The lowest BCUT2D eigenvalue weighted by Gasteiger charge is -1.98. The van der Waals surface area contributed by atoms with E-state index in [1.807, 2.05) is 6.92 Å². The molecule has 0 aliphatic heterocycles. The van der Waals surface area contributed by atoms with Crippen molar-refractivity contribution in [3.8, 4) is 0 Å². The summed E-state index contributed by atoms with van der Waals surface area (Å²) in [6.45, 7) is 2.71. The average molecular weight is 144 g/mol. The first-order valence-corrected chi connectivity index (χ1v) is 3.75. The van der Waals surface area contributed by atoms with Gasteiger partial charge in [-0.25, -0.2) is 0 Å². The van der Waals surface area contributed by atoms with Crippen molar-refractivity contribution in [2.45, 2.75) is 32.6 Å². The molecule has 0 aromatic carbocycles. The molecule has 0 saturated carbocycles. The van der Waals surface area contributed by atoms with E-state index in [2.05, 4.69) is 5.16 Å². The molecule has 0 spiro atoms. The first kappa shape index (κ1) is 9.43. The summed E-state index contributed by atoms with van der Waals surface area (Å²) < 4.78 is 0. The van der Waals surface area contributed by atoms with Gasteiger partial charge in [-0.3, -0.25) is 0 Å². The van der Waals surface area contributed by atoms with Gasteiger partial charge in [0.1, 0.15) is 0 Å². The Morgan fingerprint density at radius 1 is 1.50 bits per heavy atom. The van der Waals surface area contributed by atoms with Gasteiger partial charge in [0.05, 0.1) is 5.71 Å². The molecule has 3 N–H and O–H groups in total. The van der Waals surface area contributed by atoms with Crippen molar-refractivity contribution in [2.75, 3.05) is 6.54 Å². The predicted molar refractivity (Wildman–Crippen MR) is 42.4 cm³/mol. The molecule has 60 valence electrons. The maximum atomic E-state index is 8.38. The zero-order valence-corrected chi connectivity index (χ0v) is 6.51. The zero-order chi connectivity index (χ0) is 7.82. The third-order valence-electron chi connectivity index (χ3n) is 1.47. The van der Waals surface area contributed by atoms with Crippen molar-refractivity contribution in [3.63, 3.8) is 0 Å². The van der Waals surface area contributed by atoms with Crippen LogP contribution in [0.5, 0.6) is 0 Å². The number of unbranched alkanes of at least 4 members (excludes halogenated alkanes) is 1. The van der Waals surface area contributed by atoms with Crippen LogP contribution in [0.25, 0.3) is 0 Å². The van der Waals surface area contributed by atoms with Gasteiger partial charge in [0.2, 0.25) is 0 Å². The van der Waals surface area contributed by atoms with Gasteiger partial charge in [0.25, 0.3) is 0 Å². The van der Waals surface area contributed by atoms with Gasteiger partial charge in [0.15, 0.2) is 0 Å². The molecule has 0 saturated heterocycles. The molecule has 0 aromatic rings. The summed E-state index contributed by atoms with van der Waals surface area (Å²) in [7, 11) is 0. The Labute approximate surface area is 61.9 Å². The lowest BCUT2D eigenvalue weighted by atomic mass is 10.1. The van der Waals surface area contributed by atoms with Crippen LogP contribution in [-0.2, 0) is 0 Å². The fraction of sp³-hybridized carbons (Fsp3) is 0.857. The zero-order valence-electron chi connectivity index (χ0n) is 6.51. The van der Waals surface area contributed by atoms with Crippen molar-refractivity contribution < 1.29 is 5.21 Å². The fourth-order valence-electron chi connectivity index (χ4n) is 0.771. The van der Waals surface area contributed by atoms with E-state index in [-0.39, 0.29) is 0 Å². The van der Waals surface area contributed by atoms with Crippen LogP contribution >= 0.6 is 0 Å². The standard InChI is InChI=1S/C7H16N2O/c1-2-7(9-10)5-3-4-6-8/h10H,2-6,8H2,1H3. The molecule has 0 atom stereocenters. The molecule has 0 unspecified atom stereocenters. The number of oxime groups is 1. The monoisotopic (exact) mass is 144 g/mol. The second-order valence-electron chi connectivity index (χ2n) is 2.27. The van der Waals surface area contributed by atoms with Gasteiger partial charge in [-0.05, 0) is 32.2 Å². The van der Waals surface area contributed by atoms with Gasteiger partial charge >= 0.3 is 0 Å². The van der Waals surface area contributed by atoms with E-state index < -0.39 is 0 Å². The Morgan fingerprint density at radius 2 is 2.20 bits per heavy atom. The van der Waals surface area contributed by atoms with E-state index in [4.69, 9.17) is 10.9 Å². The molecule has 0 aliphatic carbocycles. The van der Waals surface area contributed by atoms with Crippen molar-refractivity contribution in [1.29, 1.82) is 0 Å². The average Bonchev–Trinajstić information content (AvgIpc) is 1.99. The molecule has 0 fully saturated rings. The normalized spacial score (nSPS) is 12.0. The lowest BCUT2D eigenvalue weighted by molar-refractivity contribution is 0.316. The summed E-state index contributed by atoms with van der Waals surface area (Å²) in [5.41, 5.74) is 6.16. The smallest absolute Gasteiger partial charge is 0.0568 e. The molecular weight excluding hydrogens is 128 g/mol. The molecule has 3 heteroatoms. The summed E-state index contributed by atoms with van der Waals surface area (Å²) in [5, 5.41) is 11.5. The fourth-order valence-corrected chi connectivity index (χ4v) is 0.771. The molecular formula is C7H16N2O. The van der Waals surface area contributed by atoms with Crippen LogP contribution in [0.2, 0.25) is 0 Å². The minimum Gasteiger partial charge on any atom is -0.411 e. The molecule has 0 radical (unpaired) electrons.